The third kappa shape index (κ3) is 3.77. The van der Waals surface area contributed by atoms with Crippen molar-refractivity contribution < 1.29 is 4.79 Å². The summed E-state index contributed by atoms with van der Waals surface area (Å²) in [5.41, 5.74) is 2.31. The van der Waals surface area contributed by atoms with Gasteiger partial charge in [-0.15, -0.1) is 0 Å². The highest BCUT2D eigenvalue weighted by Crippen LogP contribution is 2.18. The van der Waals surface area contributed by atoms with Crippen LogP contribution in [0.2, 0.25) is 0 Å². The van der Waals surface area contributed by atoms with Crippen LogP contribution in [0.1, 0.15) is 30.7 Å². The largest absolute Gasteiger partial charge is 0.368 e. The Bertz CT molecular complexity index is 877. The van der Waals surface area contributed by atoms with E-state index in [0.29, 0.717) is 13.1 Å². The van der Waals surface area contributed by atoms with E-state index < -0.39 is 0 Å². The van der Waals surface area contributed by atoms with E-state index >= 15 is 0 Å². The summed E-state index contributed by atoms with van der Waals surface area (Å²) >= 11 is 0. The molecule has 0 unspecified atom stereocenters. The number of hydrogen-bond donors (Lipinski definition) is 0. The molecule has 0 N–H and O–H groups in total. The van der Waals surface area contributed by atoms with Gasteiger partial charge in [-0.05, 0) is 37.5 Å². The van der Waals surface area contributed by atoms with Crippen LogP contribution in [0, 0.1) is 6.92 Å². The summed E-state index contributed by atoms with van der Waals surface area (Å²) in [6.07, 6.45) is 4.03. The van der Waals surface area contributed by atoms with E-state index in [0.717, 1.165) is 51.1 Å². The highest BCUT2D eigenvalue weighted by Gasteiger charge is 2.24. The summed E-state index contributed by atoms with van der Waals surface area (Å²) in [4.78, 5) is 29.4. The zero-order chi connectivity index (χ0) is 18.8. The first kappa shape index (κ1) is 17.8. The second kappa shape index (κ2) is 7.58. The number of aryl methyl sites for hydroxylation is 2. The van der Waals surface area contributed by atoms with Crippen LogP contribution >= 0.6 is 0 Å². The standard InChI is InChI=1S/C20H27N5O2/c1-16-6-5-7-17(14-16)22-10-12-23(13-11-22)19(26)15-25-20(27)24-9-4-2-3-8-18(24)21-25/h5-7,14H,2-4,8-13,15H2,1H3. The minimum atomic E-state index is -0.140. The van der Waals surface area contributed by atoms with Crippen molar-refractivity contribution in [2.24, 2.45) is 0 Å². The second-order valence-electron chi connectivity index (χ2n) is 7.53. The van der Waals surface area contributed by atoms with Crippen LogP contribution in [0.3, 0.4) is 0 Å². The molecule has 0 bridgehead atoms. The lowest BCUT2D eigenvalue weighted by molar-refractivity contribution is -0.132. The number of aromatic nitrogens is 3. The Kier molecular flexibility index (Phi) is 5.01. The number of anilines is 1. The van der Waals surface area contributed by atoms with E-state index in [-0.39, 0.29) is 18.1 Å². The molecular formula is C20H27N5O2. The fraction of sp³-hybridized carbons (Fsp3) is 0.550. The molecule has 1 saturated heterocycles. The zero-order valence-corrected chi connectivity index (χ0v) is 15.9. The van der Waals surface area contributed by atoms with Crippen molar-refractivity contribution in [1.82, 2.24) is 19.2 Å². The van der Waals surface area contributed by atoms with Crippen molar-refractivity contribution in [1.29, 1.82) is 0 Å². The second-order valence-corrected chi connectivity index (χ2v) is 7.53. The lowest BCUT2D eigenvalue weighted by atomic mass is 10.2. The first-order valence-electron chi connectivity index (χ1n) is 9.88. The molecule has 4 rings (SSSR count). The molecule has 0 radical (unpaired) electrons. The monoisotopic (exact) mass is 369 g/mol. The summed E-state index contributed by atoms with van der Waals surface area (Å²) in [5.74, 6) is 0.809. The van der Waals surface area contributed by atoms with Gasteiger partial charge in [0.25, 0.3) is 0 Å². The smallest absolute Gasteiger partial charge is 0.346 e. The van der Waals surface area contributed by atoms with Crippen molar-refractivity contribution >= 4 is 11.6 Å². The molecular weight excluding hydrogens is 342 g/mol. The number of rotatable bonds is 3. The van der Waals surface area contributed by atoms with Crippen LogP contribution in [0.5, 0.6) is 0 Å². The van der Waals surface area contributed by atoms with E-state index in [1.807, 2.05) is 4.90 Å². The summed E-state index contributed by atoms with van der Waals surface area (Å²) in [5, 5.41) is 4.43. The molecule has 2 aliphatic heterocycles. The van der Waals surface area contributed by atoms with Crippen LogP contribution < -0.4 is 10.6 Å². The van der Waals surface area contributed by atoms with Crippen LogP contribution in [0.4, 0.5) is 5.69 Å². The van der Waals surface area contributed by atoms with E-state index in [1.165, 1.54) is 15.9 Å². The Morgan fingerprint density at radius 3 is 2.67 bits per heavy atom. The molecule has 2 aromatic rings. The predicted molar refractivity (Wildman–Crippen MR) is 104 cm³/mol. The summed E-state index contributed by atoms with van der Waals surface area (Å²) in [7, 11) is 0. The van der Waals surface area contributed by atoms with Crippen molar-refractivity contribution in [2.45, 2.75) is 45.7 Å². The minimum Gasteiger partial charge on any atom is -0.368 e. The number of amides is 1. The number of hydrogen-bond acceptors (Lipinski definition) is 4. The molecule has 1 aromatic heterocycles. The maximum atomic E-state index is 12.7. The quantitative estimate of drug-likeness (QED) is 0.821. The van der Waals surface area contributed by atoms with Crippen molar-refractivity contribution in [3.05, 3.63) is 46.1 Å². The van der Waals surface area contributed by atoms with Gasteiger partial charge in [-0.3, -0.25) is 9.36 Å². The minimum absolute atomic E-state index is 0.0192. The van der Waals surface area contributed by atoms with Crippen LogP contribution in [0.25, 0.3) is 0 Å². The maximum Gasteiger partial charge on any atom is 0.346 e. The van der Waals surface area contributed by atoms with E-state index in [1.54, 1.807) is 4.57 Å². The van der Waals surface area contributed by atoms with Crippen molar-refractivity contribution in [3.63, 3.8) is 0 Å². The maximum absolute atomic E-state index is 12.7. The van der Waals surface area contributed by atoms with Crippen LogP contribution in [-0.4, -0.2) is 51.3 Å². The summed E-state index contributed by atoms with van der Waals surface area (Å²) in [6.45, 7) is 5.83. The lowest BCUT2D eigenvalue weighted by Crippen LogP contribution is -2.50. The molecule has 3 heterocycles. The average Bonchev–Trinajstić information content (AvgIpc) is 2.85. The number of carbonyl (C=O) groups is 1. The highest BCUT2D eigenvalue weighted by atomic mass is 16.2. The van der Waals surface area contributed by atoms with Gasteiger partial charge in [-0.1, -0.05) is 18.6 Å². The molecule has 2 aliphatic rings. The average molecular weight is 369 g/mol. The van der Waals surface area contributed by atoms with Crippen LogP contribution in [-0.2, 0) is 24.3 Å². The van der Waals surface area contributed by atoms with Gasteiger partial charge in [0.1, 0.15) is 12.4 Å². The molecule has 7 nitrogen and oxygen atoms in total. The number of fused-ring (bicyclic) bond motifs is 1. The number of piperazine rings is 1. The molecule has 7 heteroatoms. The Morgan fingerprint density at radius 1 is 1.07 bits per heavy atom. The van der Waals surface area contributed by atoms with Gasteiger partial charge >= 0.3 is 5.69 Å². The van der Waals surface area contributed by atoms with Gasteiger partial charge in [0, 0.05) is 44.8 Å². The molecule has 1 fully saturated rings. The summed E-state index contributed by atoms with van der Waals surface area (Å²) < 4.78 is 3.10. The Balaban J connectivity index is 1.38. The van der Waals surface area contributed by atoms with E-state index in [4.69, 9.17) is 0 Å². The van der Waals surface area contributed by atoms with E-state index in [9.17, 15) is 9.59 Å². The normalized spacial score (nSPS) is 17.5. The molecule has 1 amide bonds. The van der Waals surface area contributed by atoms with Gasteiger partial charge in [0.15, 0.2) is 0 Å². The van der Waals surface area contributed by atoms with Gasteiger partial charge < -0.3 is 9.80 Å². The molecule has 0 saturated carbocycles. The fourth-order valence-corrected chi connectivity index (χ4v) is 4.00. The van der Waals surface area contributed by atoms with Crippen molar-refractivity contribution in [3.8, 4) is 0 Å². The summed E-state index contributed by atoms with van der Waals surface area (Å²) in [6, 6.07) is 8.45. The van der Waals surface area contributed by atoms with E-state index in [2.05, 4.69) is 41.2 Å². The Hall–Kier alpha value is -2.57. The topological polar surface area (TPSA) is 63.4 Å². The number of carbonyl (C=O) groups excluding carboxylic acids is 1. The molecule has 0 atom stereocenters. The van der Waals surface area contributed by atoms with Crippen LogP contribution in [0.15, 0.2) is 29.1 Å². The lowest BCUT2D eigenvalue weighted by Gasteiger charge is -2.36. The number of nitrogens with zero attached hydrogens (tertiary/aromatic N) is 5. The molecule has 1 aromatic carbocycles. The van der Waals surface area contributed by atoms with Crippen molar-refractivity contribution in [2.75, 3.05) is 31.1 Å². The molecule has 144 valence electrons. The SMILES string of the molecule is Cc1cccc(N2CCN(C(=O)Cn3nc4n(c3=O)CCCCC4)CC2)c1. The zero-order valence-electron chi connectivity index (χ0n) is 15.9. The predicted octanol–water partition coefficient (Wildman–Crippen LogP) is 1.43. The first-order valence-corrected chi connectivity index (χ1v) is 9.88. The Morgan fingerprint density at radius 2 is 1.89 bits per heavy atom. The van der Waals surface area contributed by atoms with Gasteiger partial charge in [-0.2, -0.15) is 5.10 Å². The Labute approximate surface area is 159 Å². The molecule has 0 aliphatic carbocycles. The fourth-order valence-electron chi connectivity index (χ4n) is 4.00. The highest BCUT2D eigenvalue weighted by molar-refractivity contribution is 5.76. The molecule has 0 spiro atoms. The van der Waals surface area contributed by atoms with Gasteiger partial charge in [0.2, 0.25) is 5.91 Å². The first-order chi connectivity index (χ1) is 13.1. The number of benzene rings is 1. The molecule has 27 heavy (non-hydrogen) atoms. The van der Waals surface area contributed by atoms with Gasteiger partial charge in [-0.25, -0.2) is 9.48 Å². The third-order valence-corrected chi connectivity index (χ3v) is 5.57. The third-order valence-electron chi connectivity index (χ3n) is 5.57. The van der Waals surface area contributed by atoms with Gasteiger partial charge in [0.05, 0.1) is 0 Å².